The summed E-state index contributed by atoms with van der Waals surface area (Å²) in [6.45, 7) is 0.340. The van der Waals surface area contributed by atoms with Crippen molar-refractivity contribution >= 4 is 15.9 Å². The van der Waals surface area contributed by atoms with Gasteiger partial charge in [0.05, 0.1) is 30.8 Å². The SMILES string of the molecule is COc1ccc(S(=O)(=O)N(CCO)CCO[C@H]2C[C@@H](c3ccc(C(F)(F)F)cc3)C=C(C(=O)N3CCCCCCC3)O2)cc1. The molecule has 0 saturated carbocycles. The monoisotopic (exact) mass is 640 g/mol. The first-order valence-corrected chi connectivity index (χ1v) is 16.2. The largest absolute Gasteiger partial charge is 0.497 e. The molecule has 2 heterocycles. The molecule has 2 aliphatic rings. The summed E-state index contributed by atoms with van der Waals surface area (Å²) in [4.78, 5) is 15.3. The molecule has 1 saturated heterocycles. The van der Waals surface area contributed by atoms with Gasteiger partial charge in [0.25, 0.3) is 5.91 Å². The van der Waals surface area contributed by atoms with Crippen molar-refractivity contribution in [2.75, 3.05) is 46.5 Å². The number of alkyl halides is 3. The number of aliphatic hydroxyl groups excluding tert-OH is 1. The van der Waals surface area contributed by atoms with Crippen molar-refractivity contribution in [3.8, 4) is 5.75 Å². The zero-order valence-corrected chi connectivity index (χ0v) is 25.5. The van der Waals surface area contributed by atoms with Gasteiger partial charge in [-0.15, -0.1) is 0 Å². The number of aliphatic hydroxyl groups is 1. The van der Waals surface area contributed by atoms with Crippen LogP contribution in [0, 0.1) is 0 Å². The summed E-state index contributed by atoms with van der Waals surface area (Å²) in [5.74, 6) is -0.223. The number of allylic oxidation sites excluding steroid dienone is 1. The van der Waals surface area contributed by atoms with Crippen molar-refractivity contribution in [3.05, 3.63) is 71.5 Å². The summed E-state index contributed by atoms with van der Waals surface area (Å²) in [6.07, 6.45) is 1.29. The second-order valence-electron chi connectivity index (χ2n) is 10.8. The van der Waals surface area contributed by atoms with E-state index in [0.29, 0.717) is 24.4 Å². The van der Waals surface area contributed by atoms with Crippen LogP contribution in [0.5, 0.6) is 5.75 Å². The standard InChI is InChI=1S/C31H39F3N2O7S/c1-41-26-11-13-27(14-12-26)44(39,40)36(17-19-37)18-20-42-29-22-24(23-7-9-25(10-8-23)31(32,33)34)21-28(43-29)30(38)35-15-5-3-2-4-6-16-35/h7-14,21,24,29,37H,2-6,15-20,22H2,1H3/t24-,29+/m0/s1. The Hall–Kier alpha value is -3.13. The highest BCUT2D eigenvalue weighted by Crippen LogP contribution is 2.35. The van der Waals surface area contributed by atoms with E-state index in [2.05, 4.69) is 0 Å². The number of halogens is 3. The van der Waals surface area contributed by atoms with Crippen LogP contribution in [0.1, 0.15) is 55.6 Å². The van der Waals surface area contributed by atoms with Crippen molar-refractivity contribution in [2.24, 2.45) is 0 Å². The summed E-state index contributed by atoms with van der Waals surface area (Å²) in [5.41, 5.74) is -0.207. The molecule has 0 radical (unpaired) electrons. The number of carbonyl (C=O) groups excluding carboxylic acids is 1. The minimum absolute atomic E-state index is 0.0205. The van der Waals surface area contributed by atoms with Gasteiger partial charge in [0, 0.05) is 38.5 Å². The zero-order valence-electron chi connectivity index (χ0n) is 24.7. The normalized spacial score (nSPS) is 20.0. The Morgan fingerprint density at radius 2 is 1.64 bits per heavy atom. The molecule has 0 spiro atoms. The third-order valence-electron chi connectivity index (χ3n) is 7.77. The highest BCUT2D eigenvalue weighted by molar-refractivity contribution is 7.89. The number of amides is 1. The van der Waals surface area contributed by atoms with Gasteiger partial charge >= 0.3 is 6.18 Å². The molecule has 242 valence electrons. The highest BCUT2D eigenvalue weighted by atomic mass is 32.2. The molecule has 1 N–H and O–H groups in total. The second-order valence-corrected chi connectivity index (χ2v) is 12.7. The molecule has 13 heteroatoms. The van der Waals surface area contributed by atoms with Crippen LogP contribution in [0.2, 0.25) is 0 Å². The van der Waals surface area contributed by atoms with E-state index in [0.717, 1.165) is 48.5 Å². The van der Waals surface area contributed by atoms with Crippen LogP contribution in [0.25, 0.3) is 0 Å². The van der Waals surface area contributed by atoms with Gasteiger partial charge < -0.3 is 24.2 Å². The fourth-order valence-corrected chi connectivity index (χ4v) is 6.73. The van der Waals surface area contributed by atoms with E-state index in [4.69, 9.17) is 14.2 Å². The summed E-state index contributed by atoms with van der Waals surface area (Å²) in [5, 5.41) is 9.55. The lowest BCUT2D eigenvalue weighted by Gasteiger charge is -2.33. The summed E-state index contributed by atoms with van der Waals surface area (Å²) >= 11 is 0. The Morgan fingerprint density at radius 3 is 2.23 bits per heavy atom. The van der Waals surface area contributed by atoms with E-state index in [1.165, 1.54) is 43.5 Å². The molecule has 9 nitrogen and oxygen atoms in total. The molecule has 44 heavy (non-hydrogen) atoms. The zero-order chi connectivity index (χ0) is 31.7. The first-order valence-electron chi connectivity index (χ1n) is 14.7. The van der Waals surface area contributed by atoms with Gasteiger partial charge in [0.2, 0.25) is 16.3 Å². The number of nitrogens with zero attached hydrogens (tertiary/aromatic N) is 2. The number of likely N-dealkylation sites (tertiary alicyclic amines) is 1. The predicted octanol–water partition coefficient (Wildman–Crippen LogP) is 4.92. The molecule has 1 amide bonds. The summed E-state index contributed by atoms with van der Waals surface area (Å²) in [6, 6.07) is 10.6. The maximum absolute atomic E-state index is 13.5. The van der Waals surface area contributed by atoms with Crippen LogP contribution >= 0.6 is 0 Å². The van der Waals surface area contributed by atoms with Crippen LogP contribution < -0.4 is 4.74 Å². The van der Waals surface area contributed by atoms with Gasteiger partial charge in [-0.05, 0) is 60.9 Å². The number of sulfonamides is 1. The summed E-state index contributed by atoms with van der Waals surface area (Å²) < 4.78 is 84.1. The van der Waals surface area contributed by atoms with Crippen LogP contribution in [0.15, 0.2) is 65.3 Å². The first kappa shape index (κ1) is 33.8. The van der Waals surface area contributed by atoms with Crippen molar-refractivity contribution in [3.63, 3.8) is 0 Å². The van der Waals surface area contributed by atoms with Gasteiger partial charge in [0.1, 0.15) is 5.75 Å². The Labute approximate surface area is 256 Å². The molecular weight excluding hydrogens is 601 g/mol. The molecular formula is C31H39F3N2O7S. The van der Waals surface area contributed by atoms with E-state index < -0.39 is 40.6 Å². The van der Waals surface area contributed by atoms with E-state index in [1.807, 2.05) is 0 Å². The van der Waals surface area contributed by atoms with E-state index in [1.54, 1.807) is 11.0 Å². The number of ether oxygens (including phenoxy) is 3. The molecule has 2 aromatic rings. The molecule has 4 rings (SSSR count). The molecule has 0 bridgehead atoms. The molecule has 0 aromatic heterocycles. The number of benzene rings is 2. The van der Waals surface area contributed by atoms with E-state index in [9.17, 15) is 31.5 Å². The van der Waals surface area contributed by atoms with Gasteiger partial charge in [-0.2, -0.15) is 17.5 Å². The average molecular weight is 641 g/mol. The molecule has 2 aliphatic heterocycles. The van der Waals surface area contributed by atoms with Gasteiger partial charge in [-0.3, -0.25) is 4.79 Å². The van der Waals surface area contributed by atoms with Crippen LogP contribution in [0.3, 0.4) is 0 Å². The van der Waals surface area contributed by atoms with Gasteiger partial charge in [-0.1, -0.05) is 31.4 Å². The Bertz CT molecular complexity index is 1360. The molecule has 2 aromatic carbocycles. The predicted molar refractivity (Wildman–Crippen MR) is 156 cm³/mol. The number of rotatable bonds is 11. The van der Waals surface area contributed by atoms with E-state index in [-0.39, 0.29) is 42.7 Å². The quantitative estimate of drug-likeness (QED) is 0.372. The lowest BCUT2D eigenvalue weighted by molar-refractivity contribution is -0.153. The van der Waals surface area contributed by atoms with Crippen molar-refractivity contribution in [2.45, 2.75) is 61.8 Å². The maximum atomic E-state index is 13.5. The topological polar surface area (TPSA) is 106 Å². The number of carbonyl (C=O) groups is 1. The molecule has 2 atom stereocenters. The number of methoxy groups -OCH3 is 1. The fraction of sp³-hybridized carbons (Fsp3) is 0.516. The first-order chi connectivity index (χ1) is 21.0. The number of hydrogen-bond donors (Lipinski definition) is 1. The highest BCUT2D eigenvalue weighted by Gasteiger charge is 2.34. The molecule has 0 unspecified atom stereocenters. The average Bonchev–Trinajstić information content (AvgIpc) is 2.99. The Balaban J connectivity index is 1.50. The van der Waals surface area contributed by atoms with Crippen LogP contribution in [-0.4, -0.2) is 81.4 Å². The maximum Gasteiger partial charge on any atom is 0.416 e. The second kappa shape index (κ2) is 15.2. The van der Waals surface area contributed by atoms with E-state index >= 15 is 0 Å². The van der Waals surface area contributed by atoms with Gasteiger partial charge in [0.15, 0.2) is 5.76 Å². The van der Waals surface area contributed by atoms with Crippen LogP contribution in [0.4, 0.5) is 13.2 Å². The van der Waals surface area contributed by atoms with Crippen molar-refractivity contribution in [1.82, 2.24) is 9.21 Å². The molecule has 1 fully saturated rings. The third kappa shape index (κ3) is 8.74. The van der Waals surface area contributed by atoms with Crippen molar-refractivity contribution in [1.29, 1.82) is 0 Å². The minimum Gasteiger partial charge on any atom is -0.497 e. The van der Waals surface area contributed by atoms with Crippen LogP contribution in [-0.2, 0) is 30.5 Å². The fourth-order valence-electron chi connectivity index (χ4n) is 5.32. The van der Waals surface area contributed by atoms with Crippen molar-refractivity contribution < 1.29 is 45.7 Å². The molecule has 0 aliphatic carbocycles. The lowest BCUT2D eigenvalue weighted by Crippen LogP contribution is -2.39. The Morgan fingerprint density at radius 1 is 1.00 bits per heavy atom. The third-order valence-corrected chi connectivity index (χ3v) is 9.68. The van der Waals surface area contributed by atoms with Gasteiger partial charge in [-0.25, -0.2) is 8.42 Å². The number of hydrogen-bond acceptors (Lipinski definition) is 7. The smallest absolute Gasteiger partial charge is 0.416 e. The Kier molecular flexibility index (Phi) is 11.7. The summed E-state index contributed by atoms with van der Waals surface area (Å²) in [7, 11) is -2.50. The lowest BCUT2D eigenvalue weighted by atomic mass is 9.92. The minimum atomic E-state index is -4.48.